The second kappa shape index (κ2) is 4.87. The quantitative estimate of drug-likeness (QED) is 0.551. The Bertz CT molecular complexity index is 279. The van der Waals surface area contributed by atoms with Crippen molar-refractivity contribution in [3.8, 4) is 0 Å². The third-order valence-electron chi connectivity index (χ3n) is 1.60. The van der Waals surface area contributed by atoms with Gasteiger partial charge < -0.3 is 4.74 Å². The molecule has 0 unspecified atom stereocenters. The van der Waals surface area contributed by atoms with Crippen LogP contribution in [0.2, 0.25) is 0 Å². The van der Waals surface area contributed by atoms with Gasteiger partial charge in [0.05, 0.1) is 11.4 Å². The molecule has 0 heterocycles. The molecule has 0 aliphatic rings. The number of esters is 1. The molecule has 1 aromatic rings. The normalized spacial score (nSPS) is 9.69. The molecule has 3 heteroatoms. The van der Waals surface area contributed by atoms with E-state index in [9.17, 15) is 4.79 Å². The number of benzene rings is 1. The smallest absolute Gasteiger partial charge is 0.338 e. The van der Waals surface area contributed by atoms with Gasteiger partial charge in [0.25, 0.3) is 0 Å². The number of ether oxygens (including phenoxy) is 1. The summed E-state index contributed by atoms with van der Waals surface area (Å²) >= 11 is 5.38. The maximum atomic E-state index is 11.2. The number of hydrogen-bond donors (Lipinski definition) is 0. The average Bonchev–Trinajstić information content (AvgIpc) is 2.15. The molecule has 0 aliphatic heterocycles. The Labute approximate surface area is 82.5 Å². The van der Waals surface area contributed by atoms with Crippen molar-refractivity contribution in [2.75, 3.05) is 12.5 Å². The fourth-order valence-electron chi connectivity index (χ4n) is 0.904. The first-order valence-corrected chi connectivity index (χ1v) is 4.57. The summed E-state index contributed by atoms with van der Waals surface area (Å²) in [7, 11) is 0. The number of halogens is 1. The third kappa shape index (κ3) is 3.07. The Morgan fingerprint density at radius 3 is 2.54 bits per heavy atom. The molecule has 1 rings (SSSR count). The minimum atomic E-state index is -0.319. The number of alkyl halides is 1. The summed E-state index contributed by atoms with van der Waals surface area (Å²) < 4.78 is 4.85. The molecule has 70 valence electrons. The molecule has 0 atom stereocenters. The van der Waals surface area contributed by atoms with Gasteiger partial charge in [0.1, 0.15) is 6.61 Å². The van der Waals surface area contributed by atoms with Crippen molar-refractivity contribution < 1.29 is 9.53 Å². The summed E-state index contributed by atoms with van der Waals surface area (Å²) in [6.07, 6.45) is 0. The third-order valence-corrected chi connectivity index (χ3v) is 1.75. The Hall–Kier alpha value is -1.02. The lowest BCUT2D eigenvalue weighted by Gasteiger charge is -2.02. The Morgan fingerprint density at radius 1 is 1.38 bits per heavy atom. The van der Waals surface area contributed by atoms with E-state index < -0.39 is 0 Å². The Kier molecular flexibility index (Phi) is 3.77. The lowest BCUT2D eigenvalue weighted by molar-refractivity contribution is 0.0529. The van der Waals surface area contributed by atoms with Crippen LogP contribution in [0.3, 0.4) is 0 Å². The molecule has 0 spiro atoms. The standard InChI is InChI=1S/C10H11ClO2/c1-8-2-4-9(5-3-8)10(12)13-7-6-11/h2-5H,6-7H2,1H3. The minimum Gasteiger partial charge on any atom is -0.461 e. The van der Waals surface area contributed by atoms with Crippen LogP contribution in [0, 0.1) is 6.92 Å². The van der Waals surface area contributed by atoms with Crippen LogP contribution in [0.15, 0.2) is 24.3 Å². The zero-order valence-corrected chi connectivity index (χ0v) is 8.17. The van der Waals surface area contributed by atoms with Gasteiger partial charge >= 0.3 is 5.97 Å². The zero-order chi connectivity index (χ0) is 9.68. The molecular formula is C10H11ClO2. The predicted molar refractivity (Wildman–Crippen MR) is 52.2 cm³/mol. The van der Waals surface area contributed by atoms with Crippen molar-refractivity contribution in [2.45, 2.75) is 6.92 Å². The van der Waals surface area contributed by atoms with Gasteiger partial charge in [-0.25, -0.2) is 4.79 Å². The van der Waals surface area contributed by atoms with Crippen molar-refractivity contribution in [3.05, 3.63) is 35.4 Å². The van der Waals surface area contributed by atoms with E-state index in [1.54, 1.807) is 12.1 Å². The van der Waals surface area contributed by atoms with Crippen molar-refractivity contribution in [1.82, 2.24) is 0 Å². The SMILES string of the molecule is Cc1ccc(C(=O)OCCCl)cc1. The second-order valence-corrected chi connectivity index (χ2v) is 3.07. The molecule has 0 fully saturated rings. The average molecular weight is 199 g/mol. The van der Waals surface area contributed by atoms with E-state index in [0.29, 0.717) is 11.4 Å². The summed E-state index contributed by atoms with van der Waals surface area (Å²) in [6, 6.07) is 7.23. The number of rotatable bonds is 3. The van der Waals surface area contributed by atoms with Gasteiger partial charge in [-0.2, -0.15) is 0 Å². The monoisotopic (exact) mass is 198 g/mol. The first kappa shape index (κ1) is 10.1. The first-order valence-electron chi connectivity index (χ1n) is 4.04. The highest BCUT2D eigenvalue weighted by molar-refractivity contribution is 6.18. The van der Waals surface area contributed by atoms with Gasteiger partial charge in [-0.05, 0) is 19.1 Å². The molecule has 0 saturated heterocycles. The van der Waals surface area contributed by atoms with Gasteiger partial charge in [0.15, 0.2) is 0 Å². The van der Waals surface area contributed by atoms with Crippen LogP contribution < -0.4 is 0 Å². The molecular weight excluding hydrogens is 188 g/mol. The molecule has 13 heavy (non-hydrogen) atoms. The highest BCUT2D eigenvalue weighted by Crippen LogP contribution is 2.04. The summed E-state index contributed by atoms with van der Waals surface area (Å²) in [5, 5.41) is 0. The van der Waals surface area contributed by atoms with E-state index in [-0.39, 0.29) is 12.6 Å². The molecule has 0 amide bonds. The fraction of sp³-hybridized carbons (Fsp3) is 0.300. The van der Waals surface area contributed by atoms with Crippen LogP contribution in [0.4, 0.5) is 0 Å². The highest BCUT2D eigenvalue weighted by atomic mass is 35.5. The lowest BCUT2D eigenvalue weighted by Crippen LogP contribution is -2.06. The minimum absolute atomic E-state index is 0.258. The number of carbonyl (C=O) groups excluding carboxylic acids is 1. The van der Waals surface area contributed by atoms with Crippen LogP contribution in [0.25, 0.3) is 0 Å². The Balaban J connectivity index is 2.61. The van der Waals surface area contributed by atoms with Gasteiger partial charge in [-0.15, -0.1) is 11.6 Å². The lowest BCUT2D eigenvalue weighted by atomic mass is 10.1. The van der Waals surface area contributed by atoms with Crippen molar-refractivity contribution in [1.29, 1.82) is 0 Å². The molecule has 0 saturated carbocycles. The van der Waals surface area contributed by atoms with Crippen LogP contribution in [0.1, 0.15) is 15.9 Å². The molecule has 1 aromatic carbocycles. The van der Waals surface area contributed by atoms with Gasteiger partial charge in [0, 0.05) is 0 Å². The topological polar surface area (TPSA) is 26.3 Å². The fourth-order valence-corrected chi connectivity index (χ4v) is 0.981. The van der Waals surface area contributed by atoms with E-state index in [1.165, 1.54) is 0 Å². The zero-order valence-electron chi connectivity index (χ0n) is 7.42. The van der Waals surface area contributed by atoms with Crippen molar-refractivity contribution in [2.24, 2.45) is 0 Å². The molecule has 0 bridgehead atoms. The van der Waals surface area contributed by atoms with Gasteiger partial charge in [0.2, 0.25) is 0 Å². The number of aryl methyl sites for hydroxylation is 1. The summed E-state index contributed by atoms with van der Waals surface area (Å²) in [4.78, 5) is 11.2. The number of carbonyl (C=O) groups is 1. The van der Waals surface area contributed by atoms with E-state index in [1.807, 2.05) is 19.1 Å². The van der Waals surface area contributed by atoms with E-state index in [4.69, 9.17) is 16.3 Å². The van der Waals surface area contributed by atoms with Crippen LogP contribution in [-0.4, -0.2) is 18.5 Å². The van der Waals surface area contributed by atoms with Gasteiger partial charge in [-0.3, -0.25) is 0 Å². The Morgan fingerprint density at radius 2 is 2.00 bits per heavy atom. The van der Waals surface area contributed by atoms with E-state index in [2.05, 4.69) is 0 Å². The molecule has 0 radical (unpaired) electrons. The summed E-state index contributed by atoms with van der Waals surface area (Å²) in [6.45, 7) is 2.22. The molecule has 0 aromatic heterocycles. The van der Waals surface area contributed by atoms with Gasteiger partial charge in [-0.1, -0.05) is 17.7 Å². The summed E-state index contributed by atoms with van der Waals surface area (Å²) in [5.74, 6) is 0.0121. The highest BCUT2D eigenvalue weighted by Gasteiger charge is 2.04. The molecule has 0 N–H and O–H groups in total. The van der Waals surface area contributed by atoms with Crippen molar-refractivity contribution >= 4 is 17.6 Å². The van der Waals surface area contributed by atoms with Crippen LogP contribution >= 0.6 is 11.6 Å². The van der Waals surface area contributed by atoms with Crippen LogP contribution in [0.5, 0.6) is 0 Å². The first-order chi connectivity index (χ1) is 6.24. The second-order valence-electron chi connectivity index (χ2n) is 2.69. The van der Waals surface area contributed by atoms with Crippen LogP contribution in [-0.2, 0) is 4.74 Å². The summed E-state index contributed by atoms with van der Waals surface area (Å²) in [5.41, 5.74) is 1.68. The van der Waals surface area contributed by atoms with E-state index in [0.717, 1.165) is 5.56 Å². The van der Waals surface area contributed by atoms with E-state index >= 15 is 0 Å². The maximum absolute atomic E-state index is 11.2. The largest absolute Gasteiger partial charge is 0.461 e. The molecule has 2 nitrogen and oxygen atoms in total. The molecule has 0 aliphatic carbocycles. The maximum Gasteiger partial charge on any atom is 0.338 e. The van der Waals surface area contributed by atoms with Crippen molar-refractivity contribution in [3.63, 3.8) is 0 Å². The number of hydrogen-bond acceptors (Lipinski definition) is 2. The predicted octanol–water partition coefficient (Wildman–Crippen LogP) is 2.39.